The Kier molecular flexibility index (Phi) is 6.04. The number of aromatic nitrogens is 4. The van der Waals surface area contributed by atoms with Crippen molar-refractivity contribution in [2.75, 3.05) is 6.61 Å². The van der Waals surface area contributed by atoms with Crippen LogP contribution in [0.2, 0.25) is 10.2 Å². The molecule has 0 fully saturated rings. The molecule has 0 N–H and O–H groups in total. The Labute approximate surface area is 204 Å². The summed E-state index contributed by atoms with van der Waals surface area (Å²) in [6, 6.07) is 16.4. The van der Waals surface area contributed by atoms with Gasteiger partial charge in [0.25, 0.3) is 11.7 Å². The Hall–Kier alpha value is -3.68. The highest BCUT2D eigenvalue weighted by molar-refractivity contribution is 6.36. The highest BCUT2D eigenvalue weighted by Crippen LogP contribution is 2.35. The van der Waals surface area contributed by atoms with E-state index in [0.717, 1.165) is 11.1 Å². The molecule has 9 heteroatoms. The Morgan fingerprint density at radius 2 is 1.79 bits per heavy atom. The number of halogens is 2. The molecule has 0 atom stereocenters. The molecule has 0 amide bonds. The average molecular weight is 493 g/mol. The van der Waals surface area contributed by atoms with Gasteiger partial charge >= 0.3 is 0 Å². The number of nitrogens with zero attached hydrogens (tertiary/aromatic N) is 4. The first-order valence-electron chi connectivity index (χ1n) is 10.5. The minimum Gasteiger partial charge on any atom is -0.494 e. The van der Waals surface area contributed by atoms with Crippen molar-refractivity contribution in [1.82, 2.24) is 19.7 Å². The predicted molar refractivity (Wildman–Crippen MR) is 130 cm³/mol. The molecule has 5 aromatic rings. The lowest BCUT2D eigenvalue weighted by Gasteiger charge is -2.08. The van der Waals surface area contributed by atoms with Crippen molar-refractivity contribution in [3.63, 3.8) is 0 Å². The van der Waals surface area contributed by atoms with Gasteiger partial charge in [0.2, 0.25) is 5.89 Å². The zero-order chi connectivity index (χ0) is 23.7. The molecule has 3 aromatic heterocycles. The molecule has 0 saturated carbocycles. The van der Waals surface area contributed by atoms with E-state index in [1.807, 2.05) is 47.9 Å². The zero-order valence-electron chi connectivity index (χ0n) is 18.0. The fourth-order valence-electron chi connectivity index (χ4n) is 3.74. The van der Waals surface area contributed by atoms with Crippen molar-refractivity contribution < 1.29 is 13.9 Å². The maximum absolute atomic E-state index is 13.5. The summed E-state index contributed by atoms with van der Waals surface area (Å²) < 4.78 is 13.2. The van der Waals surface area contributed by atoms with Gasteiger partial charge in [0.1, 0.15) is 10.9 Å². The number of pyridine rings is 1. The fourth-order valence-corrected chi connectivity index (χ4v) is 4.20. The summed E-state index contributed by atoms with van der Waals surface area (Å²) in [5.41, 5.74) is 2.70. The van der Waals surface area contributed by atoms with E-state index >= 15 is 0 Å². The van der Waals surface area contributed by atoms with Crippen LogP contribution in [0.15, 0.2) is 71.4 Å². The predicted octanol–water partition coefficient (Wildman–Crippen LogP) is 6.07. The smallest absolute Gasteiger partial charge is 0.289 e. The standard InChI is InChI=1S/C25H18Cl2N4O3/c1-2-33-18-7-8-20-19(13-18)21(23(27)31(20)14-15-3-5-17(26)6-4-15)22(32)25-30-29-24(34-25)16-9-11-28-12-10-16/h3-13H,2,14H2,1H3. The molecule has 7 nitrogen and oxygen atoms in total. The van der Waals surface area contributed by atoms with Crippen LogP contribution in [-0.4, -0.2) is 32.1 Å². The van der Waals surface area contributed by atoms with Gasteiger partial charge in [-0.1, -0.05) is 35.3 Å². The van der Waals surface area contributed by atoms with Crippen molar-refractivity contribution in [1.29, 1.82) is 0 Å². The molecule has 5 rings (SSSR count). The molecule has 0 aliphatic rings. The molecule has 2 aromatic carbocycles. The first-order chi connectivity index (χ1) is 16.5. The van der Waals surface area contributed by atoms with Crippen molar-refractivity contribution in [2.45, 2.75) is 13.5 Å². The molecule has 0 saturated heterocycles. The second kappa shape index (κ2) is 9.29. The highest BCUT2D eigenvalue weighted by Gasteiger charge is 2.27. The van der Waals surface area contributed by atoms with Crippen LogP contribution in [-0.2, 0) is 6.54 Å². The van der Waals surface area contributed by atoms with Crippen LogP contribution in [0.3, 0.4) is 0 Å². The van der Waals surface area contributed by atoms with E-state index in [1.165, 1.54) is 0 Å². The second-order valence-corrected chi connectivity index (χ2v) is 8.26. The number of carbonyl (C=O) groups excluding carboxylic acids is 1. The maximum atomic E-state index is 13.5. The van der Waals surface area contributed by atoms with Gasteiger partial charge in [0, 0.05) is 34.9 Å². The lowest BCUT2D eigenvalue weighted by Crippen LogP contribution is -2.04. The molecular formula is C25H18Cl2N4O3. The molecule has 34 heavy (non-hydrogen) atoms. The van der Waals surface area contributed by atoms with E-state index in [4.69, 9.17) is 32.4 Å². The maximum Gasteiger partial charge on any atom is 0.289 e. The van der Waals surface area contributed by atoms with Gasteiger partial charge in [-0.05, 0) is 55.0 Å². The number of fused-ring (bicyclic) bond motifs is 1. The number of benzene rings is 2. The molecule has 170 valence electrons. The van der Waals surface area contributed by atoms with Crippen molar-refractivity contribution >= 4 is 39.9 Å². The summed E-state index contributed by atoms with van der Waals surface area (Å²) in [5, 5.41) is 9.55. The molecule has 0 aliphatic heterocycles. The van der Waals surface area contributed by atoms with Gasteiger partial charge in [0.15, 0.2) is 0 Å². The Bertz CT molecular complexity index is 1480. The number of hydrogen-bond acceptors (Lipinski definition) is 6. The third-order valence-electron chi connectivity index (χ3n) is 5.31. The van der Waals surface area contributed by atoms with Crippen molar-refractivity contribution in [3.05, 3.63) is 94.2 Å². The third-order valence-corrected chi connectivity index (χ3v) is 5.95. The summed E-state index contributed by atoms with van der Waals surface area (Å²) in [7, 11) is 0. The molecule has 0 aliphatic carbocycles. The molecular weight excluding hydrogens is 475 g/mol. The normalized spacial score (nSPS) is 11.1. The quantitative estimate of drug-likeness (QED) is 0.256. The summed E-state index contributed by atoms with van der Waals surface area (Å²) in [6.45, 7) is 2.83. The topological polar surface area (TPSA) is 83.0 Å². The van der Waals surface area contributed by atoms with Gasteiger partial charge in [-0.15, -0.1) is 10.2 Å². The van der Waals surface area contributed by atoms with Gasteiger partial charge in [-0.25, -0.2) is 0 Å². The largest absolute Gasteiger partial charge is 0.494 e. The first kappa shape index (κ1) is 22.1. The van der Waals surface area contributed by atoms with Crippen LogP contribution < -0.4 is 4.74 Å². The average Bonchev–Trinajstić information content (AvgIpc) is 3.45. The number of hydrogen-bond donors (Lipinski definition) is 0. The van der Waals surface area contributed by atoms with E-state index in [0.29, 0.717) is 34.9 Å². The van der Waals surface area contributed by atoms with E-state index in [1.54, 1.807) is 30.6 Å². The minimum atomic E-state index is -0.466. The van der Waals surface area contributed by atoms with E-state index in [2.05, 4.69) is 15.2 Å². The Balaban J connectivity index is 1.61. The summed E-state index contributed by atoms with van der Waals surface area (Å²) in [5.74, 6) is 0.238. The van der Waals surface area contributed by atoms with Crippen molar-refractivity contribution in [3.8, 4) is 17.2 Å². The molecule has 0 spiro atoms. The van der Waals surface area contributed by atoms with Gasteiger partial charge < -0.3 is 13.7 Å². The summed E-state index contributed by atoms with van der Waals surface area (Å²) in [4.78, 5) is 17.5. The van der Waals surface area contributed by atoms with E-state index in [9.17, 15) is 4.79 Å². The fraction of sp³-hybridized carbons (Fsp3) is 0.120. The number of carbonyl (C=O) groups is 1. The Morgan fingerprint density at radius 3 is 2.53 bits per heavy atom. The van der Waals surface area contributed by atoms with E-state index < -0.39 is 5.78 Å². The van der Waals surface area contributed by atoms with Crippen molar-refractivity contribution in [2.24, 2.45) is 0 Å². The Morgan fingerprint density at radius 1 is 1.03 bits per heavy atom. The first-order valence-corrected chi connectivity index (χ1v) is 11.3. The third kappa shape index (κ3) is 4.16. The molecule has 0 unspecified atom stereocenters. The van der Waals surface area contributed by atoms with E-state index in [-0.39, 0.29) is 22.5 Å². The second-order valence-electron chi connectivity index (χ2n) is 7.47. The van der Waals surface area contributed by atoms with Crippen LogP contribution in [0.4, 0.5) is 0 Å². The van der Waals surface area contributed by atoms with Crippen LogP contribution in [0.1, 0.15) is 28.7 Å². The number of ether oxygens (including phenoxy) is 1. The molecule has 0 bridgehead atoms. The SMILES string of the molecule is CCOc1ccc2c(c1)c(C(=O)c1nnc(-c3ccncc3)o1)c(Cl)n2Cc1ccc(Cl)cc1. The van der Waals surface area contributed by atoms with Gasteiger partial charge in [-0.3, -0.25) is 9.78 Å². The highest BCUT2D eigenvalue weighted by atomic mass is 35.5. The van der Waals surface area contributed by atoms with Crippen LogP contribution in [0.5, 0.6) is 5.75 Å². The summed E-state index contributed by atoms with van der Waals surface area (Å²) >= 11 is 12.8. The van der Waals surface area contributed by atoms with Crippen LogP contribution in [0.25, 0.3) is 22.4 Å². The van der Waals surface area contributed by atoms with Crippen LogP contribution in [0, 0.1) is 0 Å². The monoisotopic (exact) mass is 492 g/mol. The number of ketones is 1. The molecule has 0 radical (unpaired) electrons. The van der Waals surface area contributed by atoms with Gasteiger partial charge in [-0.2, -0.15) is 0 Å². The number of rotatable bonds is 7. The summed E-state index contributed by atoms with van der Waals surface area (Å²) in [6.07, 6.45) is 3.22. The molecule has 3 heterocycles. The lowest BCUT2D eigenvalue weighted by atomic mass is 10.1. The minimum absolute atomic E-state index is 0.152. The van der Waals surface area contributed by atoms with Gasteiger partial charge in [0.05, 0.1) is 17.7 Å². The van der Waals surface area contributed by atoms with Crippen LogP contribution >= 0.6 is 23.2 Å². The lowest BCUT2D eigenvalue weighted by molar-refractivity contribution is 0.100. The zero-order valence-corrected chi connectivity index (χ0v) is 19.5.